The van der Waals surface area contributed by atoms with Gasteiger partial charge in [-0.15, -0.1) is 0 Å². The van der Waals surface area contributed by atoms with E-state index in [1.807, 2.05) is 6.92 Å². The van der Waals surface area contributed by atoms with E-state index >= 15 is 0 Å². The Balaban J connectivity index is 2.13. The molecule has 0 aromatic heterocycles. The highest BCUT2D eigenvalue weighted by Crippen LogP contribution is 2.45. The first-order valence-electron chi connectivity index (χ1n) is 8.66. The van der Waals surface area contributed by atoms with Crippen molar-refractivity contribution >= 4 is 0 Å². The van der Waals surface area contributed by atoms with Gasteiger partial charge in [-0.3, -0.25) is 0 Å². The smallest absolute Gasteiger partial charge is 0.113 e. The van der Waals surface area contributed by atoms with Gasteiger partial charge in [0.25, 0.3) is 0 Å². The first-order chi connectivity index (χ1) is 10.3. The van der Waals surface area contributed by atoms with Crippen LogP contribution in [0.25, 0.3) is 0 Å². The van der Waals surface area contributed by atoms with Crippen molar-refractivity contribution < 1.29 is 9.84 Å². The minimum absolute atomic E-state index is 0.0323. The Morgan fingerprint density at radius 1 is 1.23 bits per heavy atom. The van der Waals surface area contributed by atoms with Crippen LogP contribution in [0.5, 0.6) is 0 Å². The van der Waals surface area contributed by atoms with Crippen LogP contribution in [0.1, 0.15) is 66.2 Å². The molecular formula is C20H32O2. The van der Waals surface area contributed by atoms with Crippen LogP contribution in [-0.4, -0.2) is 22.9 Å². The zero-order chi connectivity index (χ0) is 16.3. The molecule has 1 unspecified atom stereocenters. The number of epoxide rings is 1. The van der Waals surface area contributed by atoms with E-state index in [-0.39, 0.29) is 17.6 Å². The Morgan fingerprint density at radius 2 is 1.86 bits per heavy atom. The Bertz CT molecular complexity index is 474. The summed E-state index contributed by atoms with van der Waals surface area (Å²) in [6.45, 7) is 12.7. The zero-order valence-electron chi connectivity index (χ0n) is 14.7. The topological polar surface area (TPSA) is 32.8 Å². The molecule has 1 fully saturated rings. The third-order valence-corrected chi connectivity index (χ3v) is 5.31. The van der Waals surface area contributed by atoms with Crippen molar-refractivity contribution in [1.29, 1.82) is 0 Å². The maximum atomic E-state index is 10.7. The summed E-state index contributed by atoms with van der Waals surface area (Å²) in [6.07, 6.45) is 10.5. The number of aliphatic hydroxyl groups is 1. The molecule has 0 saturated carbocycles. The summed E-state index contributed by atoms with van der Waals surface area (Å²) in [7, 11) is 0. The van der Waals surface area contributed by atoms with Gasteiger partial charge < -0.3 is 9.84 Å². The van der Waals surface area contributed by atoms with E-state index in [2.05, 4.69) is 39.5 Å². The van der Waals surface area contributed by atoms with Crippen molar-refractivity contribution in [2.24, 2.45) is 5.92 Å². The molecule has 1 saturated heterocycles. The van der Waals surface area contributed by atoms with Gasteiger partial charge in [0.2, 0.25) is 0 Å². The summed E-state index contributed by atoms with van der Waals surface area (Å²) < 4.78 is 5.90. The van der Waals surface area contributed by atoms with Gasteiger partial charge in [-0.25, -0.2) is 0 Å². The lowest BCUT2D eigenvalue weighted by atomic mass is 9.84. The van der Waals surface area contributed by atoms with Crippen LogP contribution in [0.2, 0.25) is 0 Å². The molecule has 2 rings (SSSR count). The fourth-order valence-electron chi connectivity index (χ4n) is 3.55. The summed E-state index contributed by atoms with van der Waals surface area (Å²) in [4.78, 5) is 0. The maximum Gasteiger partial charge on any atom is 0.113 e. The second-order valence-corrected chi connectivity index (χ2v) is 7.51. The van der Waals surface area contributed by atoms with Gasteiger partial charge in [-0.2, -0.15) is 0 Å². The molecule has 0 amide bonds. The molecule has 1 aliphatic carbocycles. The lowest BCUT2D eigenvalue weighted by Gasteiger charge is -2.23. The van der Waals surface area contributed by atoms with E-state index in [1.54, 1.807) is 0 Å². The lowest BCUT2D eigenvalue weighted by Crippen LogP contribution is -2.31. The number of allylic oxidation sites excluding steroid dienone is 4. The Kier molecular flexibility index (Phi) is 5.68. The average Bonchev–Trinajstić information content (AvgIpc) is 3.09. The zero-order valence-corrected chi connectivity index (χ0v) is 14.7. The molecule has 1 heterocycles. The molecule has 1 N–H and O–H groups in total. The van der Waals surface area contributed by atoms with Crippen molar-refractivity contribution in [1.82, 2.24) is 0 Å². The fraction of sp³-hybridized carbons (Fsp3) is 0.700. The minimum Gasteiger partial charge on any atom is -0.390 e. The van der Waals surface area contributed by atoms with Crippen molar-refractivity contribution in [3.8, 4) is 0 Å². The standard InChI is InChI=1S/C20H32O2/c1-14(2)17-12-11-16(4)9-6-8-15(3)10-7-13-20(5)19(22-20)18(17)21/h9-10,17-19,21H,1,6-8,11-13H2,2-5H3/b15-10+,16-9+/t17?,18-,19-,20-/m0/s1. The number of hydrogen-bond acceptors (Lipinski definition) is 2. The maximum absolute atomic E-state index is 10.7. The quantitative estimate of drug-likeness (QED) is 0.549. The summed E-state index contributed by atoms with van der Waals surface area (Å²) in [5.74, 6) is 0.135. The number of ether oxygens (including phenoxy) is 1. The molecule has 4 atom stereocenters. The van der Waals surface area contributed by atoms with E-state index in [9.17, 15) is 5.11 Å². The summed E-state index contributed by atoms with van der Waals surface area (Å²) in [5.41, 5.74) is 3.80. The van der Waals surface area contributed by atoms with E-state index in [0.29, 0.717) is 0 Å². The SMILES string of the molecule is C=C(C)C1CC/C(C)=C/CC/C(C)=C/CC[C@]2(C)O[C@H]2[C@H]1O. The van der Waals surface area contributed by atoms with Crippen LogP contribution in [0.3, 0.4) is 0 Å². The number of hydrogen-bond donors (Lipinski definition) is 1. The molecule has 2 heteroatoms. The first kappa shape index (κ1) is 17.5. The highest BCUT2D eigenvalue weighted by molar-refractivity contribution is 5.13. The average molecular weight is 304 g/mol. The molecule has 0 spiro atoms. The molecule has 2 nitrogen and oxygen atoms in total. The highest BCUT2D eigenvalue weighted by atomic mass is 16.6. The van der Waals surface area contributed by atoms with Crippen LogP contribution in [0.4, 0.5) is 0 Å². The molecular weight excluding hydrogens is 272 g/mol. The molecule has 0 radical (unpaired) electrons. The van der Waals surface area contributed by atoms with E-state index < -0.39 is 6.10 Å². The van der Waals surface area contributed by atoms with Crippen molar-refractivity contribution in [3.63, 3.8) is 0 Å². The van der Waals surface area contributed by atoms with Gasteiger partial charge in [0.1, 0.15) is 6.10 Å². The highest BCUT2D eigenvalue weighted by Gasteiger charge is 2.56. The fourth-order valence-corrected chi connectivity index (χ4v) is 3.55. The Hall–Kier alpha value is -0.860. The van der Waals surface area contributed by atoms with Crippen molar-refractivity contribution in [2.45, 2.75) is 84.0 Å². The van der Waals surface area contributed by atoms with Crippen LogP contribution < -0.4 is 0 Å². The number of aliphatic hydroxyl groups excluding tert-OH is 1. The second-order valence-electron chi connectivity index (χ2n) is 7.51. The van der Waals surface area contributed by atoms with Crippen molar-refractivity contribution in [3.05, 3.63) is 35.5 Å². The molecule has 0 bridgehead atoms. The normalized spacial score (nSPS) is 42.1. The summed E-state index contributed by atoms with van der Waals surface area (Å²) in [6, 6.07) is 0. The first-order valence-corrected chi connectivity index (χ1v) is 8.66. The molecule has 0 aromatic rings. The van der Waals surface area contributed by atoms with E-state index in [1.165, 1.54) is 11.1 Å². The predicted molar refractivity (Wildman–Crippen MR) is 92.8 cm³/mol. The number of fused-ring (bicyclic) bond motifs is 1. The molecule has 22 heavy (non-hydrogen) atoms. The van der Waals surface area contributed by atoms with Gasteiger partial charge in [-0.05, 0) is 66.2 Å². The van der Waals surface area contributed by atoms with E-state index in [0.717, 1.165) is 44.1 Å². The summed E-state index contributed by atoms with van der Waals surface area (Å²) in [5, 5.41) is 10.7. The monoisotopic (exact) mass is 304 g/mol. The van der Waals surface area contributed by atoms with E-state index in [4.69, 9.17) is 4.74 Å². The van der Waals surface area contributed by atoms with Gasteiger partial charge in [0.15, 0.2) is 0 Å². The minimum atomic E-state index is -0.427. The molecule has 0 aromatic carbocycles. The third-order valence-electron chi connectivity index (χ3n) is 5.31. The van der Waals surface area contributed by atoms with Crippen LogP contribution in [0.15, 0.2) is 35.5 Å². The molecule has 1 aliphatic heterocycles. The van der Waals surface area contributed by atoms with Crippen molar-refractivity contribution in [2.75, 3.05) is 0 Å². The van der Waals surface area contributed by atoms with Gasteiger partial charge in [0.05, 0.1) is 11.7 Å². The Labute approximate surface area is 136 Å². The molecule has 124 valence electrons. The van der Waals surface area contributed by atoms with Gasteiger partial charge >= 0.3 is 0 Å². The van der Waals surface area contributed by atoms with Crippen LogP contribution >= 0.6 is 0 Å². The van der Waals surface area contributed by atoms with Gasteiger partial charge in [0, 0.05) is 5.92 Å². The van der Waals surface area contributed by atoms with Crippen LogP contribution in [-0.2, 0) is 4.74 Å². The molecule has 2 aliphatic rings. The van der Waals surface area contributed by atoms with Gasteiger partial charge in [-0.1, -0.05) is 35.5 Å². The third kappa shape index (κ3) is 4.33. The summed E-state index contributed by atoms with van der Waals surface area (Å²) >= 11 is 0. The number of rotatable bonds is 1. The lowest BCUT2D eigenvalue weighted by molar-refractivity contribution is 0.0882. The van der Waals surface area contributed by atoms with Crippen LogP contribution in [0, 0.1) is 5.92 Å². The predicted octanol–water partition coefficient (Wildman–Crippen LogP) is 4.94. The second kappa shape index (κ2) is 7.14. The largest absolute Gasteiger partial charge is 0.390 e. The Morgan fingerprint density at radius 3 is 2.55 bits per heavy atom.